The normalized spacial score (nSPS) is 10.7. The minimum absolute atomic E-state index is 0.333. The van der Waals surface area contributed by atoms with E-state index in [1.54, 1.807) is 6.07 Å². The Morgan fingerprint density at radius 1 is 1.10 bits per heavy atom. The Balaban J connectivity index is 2.37. The first-order valence-corrected chi connectivity index (χ1v) is 6.39. The molecule has 1 N–H and O–H groups in total. The van der Waals surface area contributed by atoms with Crippen LogP contribution >= 0.6 is 0 Å². The van der Waals surface area contributed by atoms with Crippen LogP contribution < -0.4 is 0 Å². The fraction of sp³-hybridized carbons (Fsp3) is 0.118. The summed E-state index contributed by atoms with van der Waals surface area (Å²) in [5.41, 5.74) is 5.22. The number of hydrogen-bond donors (Lipinski definition) is 1. The quantitative estimate of drug-likeness (QED) is 0.692. The summed E-state index contributed by atoms with van der Waals surface area (Å²) in [6.45, 7) is 4.01. The number of nitrogens with zero attached hydrogens (tertiary/aromatic N) is 1. The van der Waals surface area contributed by atoms with E-state index in [0.717, 1.165) is 27.9 Å². The molecule has 3 heteroatoms. The summed E-state index contributed by atoms with van der Waals surface area (Å²) in [6, 6.07) is 12.8. The van der Waals surface area contributed by atoms with E-state index in [-0.39, 0.29) is 5.82 Å². The van der Waals surface area contributed by atoms with Gasteiger partial charge in [0.1, 0.15) is 11.9 Å². The molecule has 0 saturated heterocycles. The van der Waals surface area contributed by atoms with Crippen molar-refractivity contribution in [1.29, 1.82) is 5.26 Å². The van der Waals surface area contributed by atoms with E-state index < -0.39 is 0 Å². The third-order valence-corrected chi connectivity index (χ3v) is 3.53. The Kier molecular flexibility index (Phi) is 2.80. The van der Waals surface area contributed by atoms with Crippen LogP contribution in [0.4, 0.5) is 4.39 Å². The first kappa shape index (κ1) is 12.4. The van der Waals surface area contributed by atoms with Gasteiger partial charge in [-0.2, -0.15) is 5.26 Å². The number of benzene rings is 2. The van der Waals surface area contributed by atoms with Crippen LogP contribution in [0.3, 0.4) is 0 Å². The van der Waals surface area contributed by atoms with Crippen LogP contribution in [0, 0.1) is 31.0 Å². The van der Waals surface area contributed by atoms with Crippen LogP contribution in [-0.2, 0) is 0 Å². The van der Waals surface area contributed by atoms with Gasteiger partial charge < -0.3 is 4.98 Å². The van der Waals surface area contributed by atoms with Crippen LogP contribution in [0.15, 0.2) is 36.4 Å². The van der Waals surface area contributed by atoms with Gasteiger partial charge in [0.05, 0.1) is 11.3 Å². The molecule has 0 aliphatic rings. The van der Waals surface area contributed by atoms with Gasteiger partial charge in [-0.25, -0.2) is 4.39 Å². The van der Waals surface area contributed by atoms with Crippen molar-refractivity contribution in [1.82, 2.24) is 4.98 Å². The van der Waals surface area contributed by atoms with E-state index in [1.807, 2.05) is 32.0 Å². The number of fused-ring (bicyclic) bond motifs is 1. The second-order valence-electron chi connectivity index (χ2n) is 5.00. The molecule has 0 aliphatic heterocycles. The molecule has 3 aromatic rings. The fourth-order valence-electron chi connectivity index (χ4n) is 2.49. The van der Waals surface area contributed by atoms with Crippen LogP contribution in [-0.4, -0.2) is 4.98 Å². The molecule has 0 saturated carbocycles. The number of H-pyrrole nitrogens is 1. The summed E-state index contributed by atoms with van der Waals surface area (Å²) in [7, 11) is 0. The number of aromatic nitrogens is 1. The first-order valence-electron chi connectivity index (χ1n) is 6.39. The van der Waals surface area contributed by atoms with Crippen molar-refractivity contribution in [2.24, 2.45) is 0 Å². The van der Waals surface area contributed by atoms with Crippen molar-refractivity contribution in [2.75, 3.05) is 0 Å². The molecule has 0 fully saturated rings. The highest BCUT2D eigenvalue weighted by Gasteiger charge is 2.15. The van der Waals surface area contributed by atoms with Gasteiger partial charge in [-0.15, -0.1) is 0 Å². The maximum Gasteiger partial charge on any atom is 0.124 e. The predicted molar refractivity (Wildman–Crippen MR) is 77.9 cm³/mol. The standard InChI is InChI=1S/C17H13FN2/c1-10-3-4-11(2)13(7-10)17-15(9-19)14-8-12(18)5-6-16(14)20-17/h3-8,20H,1-2H3. The lowest BCUT2D eigenvalue weighted by Crippen LogP contribution is -1.87. The summed E-state index contributed by atoms with van der Waals surface area (Å²) in [4.78, 5) is 3.24. The maximum atomic E-state index is 13.4. The molecule has 0 amide bonds. The van der Waals surface area contributed by atoms with Crippen LogP contribution in [0.1, 0.15) is 16.7 Å². The molecule has 2 nitrogen and oxygen atoms in total. The monoisotopic (exact) mass is 264 g/mol. The Bertz CT molecular complexity index is 853. The SMILES string of the molecule is Cc1ccc(C)c(-c2[nH]c3ccc(F)cc3c2C#N)c1. The van der Waals surface area contributed by atoms with Crippen LogP contribution in [0.25, 0.3) is 22.2 Å². The lowest BCUT2D eigenvalue weighted by molar-refractivity contribution is 0.629. The Morgan fingerprint density at radius 3 is 2.65 bits per heavy atom. The van der Waals surface area contributed by atoms with Crippen LogP contribution in [0.5, 0.6) is 0 Å². The number of rotatable bonds is 1. The molecule has 0 bridgehead atoms. The van der Waals surface area contributed by atoms with Crippen molar-refractivity contribution in [3.05, 3.63) is 58.9 Å². The molecular formula is C17H13FN2. The van der Waals surface area contributed by atoms with Crippen molar-refractivity contribution >= 4 is 10.9 Å². The van der Waals surface area contributed by atoms with Gasteiger partial charge >= 0.3 is 0 Å². The molecule has 0 radical (unpaired) electrons. The van der Waals surface area contributed by atoms with Crippen LogP contribution in [0.2, 0.25) is 0 Å². The molecular weight excluding hydrogens is 251 g/mol. The van der Waals surface area contributed by atoms with Gasteiger partial charge in [-0.1, -0.05) is 17.7 Å². The van der Waals surface area contributed by atoms with Crippen molar-refractivity contribution in [3.63, 3.8) is 0 Å². The van der Waals surface area contributed by atoms with E-state index in [9.17, 15) is 9.65 Å². The maximum absolute atomic E-state index is 13.4. The molecule has 1 heterocycles. The van der Waals surface area contributed by atoms with E-state index in [0.29, 0.717) is 10.9 Å². The molecule has 0 atom stereocenters. The lowest BCUT2D eigenvalue weighted by Gasteiger charge is -2.05. The van der Waals surface area contributed by atoms with Gasteiger partial charge in [-0.3, -0.25) is 0 Å². The second kappa shape index (κ2) is 4.50. The van der Waals surface area contributed by atoms with E-state index in [1.165, 1.54) is 12.1 Å². The highest BCUT2D eigenvalue weighted by Crippen LogP contribution is 2.32. The molecule has 1 aromatic heterocycles. The second-order valence-corrected chi connectivity index (χ2v) is 5.00. The molecule has 0 unspecified atom stereocenters. The minimum atomic E-state index is -0.333. The van der Waals surface area contributed by atoms with E-state index >= 15 is 0 Å². The van der Waals surface area contributed by atoms with Crippen molar-refractivity contribution in [3.8, 4) is 17.3 Å². The average Bonchev–Trinajstić information content (AvgIpc) is 2.79. The predicted octanol–water partition coefficient (Wildman–Crippen LogP) is 4.46. The molecule has 0 aliphatic carbocycles. The third kappa shape index (κ3) is 1.86. The van der Waals surface area contributed by atoms with E-state index in [4.69, 9.17) is 0 Å². The summed E-state index contributed by atoms with van der Waals surface area (Å²) in [5.74, 6) is -0.333. The number of halogens is 1. The summed E-state index contributed by atoms with van der Waals surface area (Å²) >= 11 is 0. The third-order valence-electron chi connectivity index (χ3n) is 3.53. The zero-order valence-corrected chi connectivity index (χ0v) is 11.3. The average molecular weight is 264 g/mol. The van der Waals surface area contributed by atoms with E-state index in [2.05, 4.69) is 11.1 Å². The lowest BCUT2D eigenvalue weighted by atomic mass is 10.00. The summed E-state index contributed by atoms with van der Waals surface area (Å²) in [6.07, 6.45) is 0. The topological polar surface area (TPSA) is 39.6 Å². The molecule has 0 spiro atoms. The smallest absolute Gasteiger partial charge is 0.124 e. The van der Waals surface area contributed by atoms with Gasteiger partial charge in [0.15, 0.2) is 0 Å². The van der Waals surface area contributed by atoms with Gasteiger partial charge in [-0.05, 0) is 43.7 Å². The zero-order valence-electron chi connectivity index (χ0n) is 11.3. The Hall–Kier alpha value is -2.60. The zero-order chi connectivity index (χ0) is 14.3. The highest BCUT2D eigenvalue weighted by atomic mass is 19.1. The molecule has 98 valence electrons. The number of aromatic amines is 1. The fourth-order valence-corrected chi connectivity index (χ4v) is 2.49. The minimum Gasteiger partial charge on any atom is -0.353 e. The number of nitriles is 1. The highest BCUT2D eigenvalue weighted by molar-refractivity contribution is 5.94. The van der Waals surface area contributed by atoms with Crippen molar-refractivity contribution in [2.45, 2.75) is 13.8 Å². The summed E-state index contributed by atoms with van der Waals surface area (Å²) < 4.78 is 13.4. The number of nitrogens with one attached hydrogen (secondary N) is 1. The Labute approximate surface area is 116 Å². The van der Waals surface area contributed by atoms with Gasteiger partial charge in [0.25, 0.3) is 0 Å². The van der Waals surface area contributed by atoms with Gasteiger partial charge in [0, 0.05) is 16.5 Å². The first-order chi connectivity index (χ1) is 9.60. The largest absolute Gasteiger partial charge is 0.353 e. The molecule has 2 aromatic carbocycles. The Morgan fingerprint density at radius 2 is 1.90 bits per heavy atom. The number of aryl methyl sites for hydroxylation is 2. The molecule has 3 rings (SSSR count). The molecule has 20 heavy (non-hydrogen) atoms. The van der Waals surface area contributed by atoms with Gasteiger partial charge in [0.2, 0.25) is 0 Å². The van der Waals surface area contributed by atoms with Crippen molar-refractivity contribution < 1.29 is 4.39 Å². The number of hydrogen-bond acceptors (Lipinski definition) is 1. The summed E-state index contributed by atoms with van der Waals surface area (Å²) in [5, 5.41) is 10.1.